The van der Waals surface area contributed by atoms with Gasteiger partial charge in [-0.15, -0.1) is 0 Å². The summed E-state index contributed by atoms with van der Waals surface area (Å²) in [5, 5.41) is 1.99. The van der Waals surface area contributed by atoms with Gasteiger partial charge in [-0.25, -0.2) is 15.0 Å². The Labute approximate surface area is 120 Å². The standard InChI is InChI=1S/C16H12N4O/c1-21-14-4-5-18-16-15(14)12(8-19-16)10-2-3-13-11(6-10)7-17-9-20-13/h2-9H,1H3,(H,18,19). The van der Waals surface area contributed by atoms with E-state index in [4.69, 9.17) is 4.74 Å². The SMILES string of the molecule is COc1ccnc2[nH]cc(-c3ccc4ncncc4c3)c12. The Kier molecular flexibility index (Phi) is 2.57. The number of benzene rings is 1. The van der Waals surface area contributed by atoms with Gasteiger partial charge in [-0.3, -0.25) is 0 Å². The molecule has 3 aromatic heterocycles. The number of methoxy groups -OCH3 is 1. The monoisotopic (exact) mass is 276 g/mol. The predicted molar refractivity (Wildman–Crippen MR) is 81.2 cm³/mol. The highest BCUT2D eigenvalue weighted by molar-refractivity contribution is 5.99. The van der Waals surface area contributed by atoms with Crippen molar-refractivity contribution in [2.24, 2.45) is 0 Å². The number of H-pyrrole nitrogens is 1. The summed E-state index contributed by atoms with van der Waals surface area (Å²) in [6.45, 7) is 0. The van der Waals surface area contributed by atoms with Crippen molar-refractivity contribution in [1.29, 1.82) is 0 Å². The maximum absolute atomic E-state index is 5.45. The fourth-order valence-corrected chi connectivity index (χ4v) is 2.58. The Balaban J connectivity index is 1.99. The van der Waals surface area contributed by atoms with Crippen molar-refractivity contribution >= 4 is 21.9 Å². The first kappa shape index (κ1) is 11.8. The number of aromatic nitrogens is 4. The summed E-state index contributed by atoms with van der Waals surface area (Å²) in [7, 11) is 1.67. The Morgan fingerprint density at radius 3 is 3.00 bits per heavy atom. The van der Waals surface area contributed by atoms with Crippen molar-refractivity contribution in [3.8, 4) is 16.9 Å². The van der Waals surface area contributed by atoms with Gasteiger partial charge < -0.3 is 9.72 Å². The zero-order valence-electron chi connectivity index (χ0n) is 11.4. The highest BCUT2D eigenvalue weighted by atomic mass is 16.5. The van der Waals surface area contributed by atoms with Crippen LogP contribution in [0, 0.1) is 0 Å². The van der Waals surface area contributed by atoms with E-state index in [1.807, 2.05) is 30.6 Å². The molecule has 102 valence electrons. The fourth-order valence-electron chi connectivity index (χ4n) is 2.58. The largest absolute Gasteiger partial charge is 0.496 e. The minimum Gasteiger partial charge on any atom is -0.496 e. The normalized spacial score (nSPS) is 11.1. The molecular formula is C16H12N4O. The molecule has 0 spiro atoms. The van der Waals surface area contributed by atoms with Crippen LogP contribution in [0.2, 0.25) is 0 Å². The summed E-state index contributed by atoms with van der Waals surface area (Å²) >= 11 is 0. The van der Waals surface area contributed by atoms with Gasteiger partial charge >= 0.3 is 0 Å². The number of hydrogen-bond donors (Lipinski definition) is 1. The molecule has 0 radical (unpaired) electrons. The number of rotatable bonds is 2. The van der Waals surface area contributed by atoms with Crippen LogP contribution in [0.4, 0.5) is 0 Å². The van der Waals surface area contributed by atoms with Gasteiger partial charge in [0.2, 0.25) is 0 Å². The molecule has 0 atom stereocenters. The number of nitrogens with zero attached hydrogens (tertiary/aromatic N) is 3. The number of ether oxygens (including phenoxy) is 1. The van der Waals surface area contributed by atoms with E-state index in [1.54, 1.807) is 19.6 Å². The molecule has 0 saturated heterocycles. The van der Waals surface area contributed by atoms with Gasteiger partial charge in [-0.2, -0.15) is 0 Å². The maximum atomic E-state index is 5.45. The highest BCUT2D eigenvalue weighted by Crippen LogP contribution is 2.34. The first-order chi connectivity index (χ1) is 10.4. The Hall–Kier alpha value is -2.95. The molecule has 1 aromatic carbocycles. The van der Waals surface area contributed by atoms with Crippen LogP contribution in [0.5, 0.6) is 5.75 Å². The molecule has 5 heteroatoms. The molecule has 0 bridgehead atoms. The topological polar surface area (TPSA) is 63.7 Å². The molecule has 0 fully saturated rings. The van der Waals surface area contributed by atoms with Crippen molar-refractivity contribution in [3.05, 3.63) is 49.2 Å². The average molecular weight is 276 g/mol. The lowest BCUT2D eigenvalue weighted by Gasteiger charge is -2.05. The molecule has 21 heavy (non-hydrogen) atoms. The lowest BCUT2D eigenvalue weighted by molar-refractivity contribution is 0.419. The zero-order chi connectivity index (χ0) is 14.2. The quantitative estimate of drug-likeness (QED) is 0.610. The van der Waals surface area contributed by atoms with Crippen LogP contribution in [0.15, 0.2) is 49.2 Å². The van der Waals surface area contributed by atoms with E-state index in [1.165, 1.54) is 0 Å². The molecule has 4 aromatic rings. The van der Waals surface area contributed by atoms with E-state index in [9.17, 15) is 0 Å². The van der Waals surface area contributed by atoms with Crippen LogP contribution in [-0.4, -0.2) is 27.0 Å². The number of fused-ring (bicyclic) bond motifs is 2. The van der Waals surface area contributed by atoms with E-state index in [0.29, 0.717) is 0 Å². The third kappa shape index (κ3) is 1.82. The van der Waals surface area contributed by atoms with Crippen molar-refractivity contribution < 1.29 is 4.74 Å². The maximum Gasteiger partial charge on any atom is 0.141 e. The van der Waals surface area contributed by atoms with E-state index in [0.717, 1.165) is 38.8 Å². The van der Waals surface area contributed by atoms with E-state index in [-0.39, 0.29) is 0 Å². The first-order valence-corrected chi connectivity index (χ1v) is 6.57. The molecule has 4 rings (SSSR count). The second-order valence-corrected chi connectivity index (χ2v) is 4.74. The number of aromatic amines is 1. The van der Waals surface area contributed by atoms with Gasteiger partial charge in [0.25, 0.3) is 0 Å². The Bertz CT molecular complexity index is 945. The second-order valence-electron chi connectivity index (χ2n) is 4.74. The van der Waals surface area contributed by atoms with Gasteiger partial charge in [0.05, 0.1) is 18.0 Å². The summed E-state index contributed by atoms with van der Waals surface area (Å²) < 4.78 is 5.45. The molecule has 0 aliphatic rings. The van der Waals surface area contributed by atoms with Crippen molar-refractivity contribution in [1.82, 2.24) is 19.9 Å². The van der Waals surface area contributed by atoms with Crippen LogP contribution >= 0.6 is 0 Å². The summed E-state index contributed by atoms with van der Waals surface area (Å²) in [6, 6.07) is 7.98. The Morgan fingerprint density at radius 2 is 2.10 bits per heavy atom. The summed E-state index contributed by atoms with van der Waals surface area (Å²) in [5.41, 5.74) is 3.88. The van der Waals surface area contributed by atoms with Gasteiger partial charge in [0.1, 0.15) is 17.7 Å². The molecule has 0 amide bonds. The first-order valence-electron chi connectivity index (χ1n) is 6.57. The molecular weight excluding hydrogens is 264 g/mol. The van der Waals surface area contributed by atoms with E-state index in [2.05, 4.69) is 26.0 Å². The van der Waals surface area contributed by atoms with Crippen LogP contribution < -0.4 is 4.74 Å². The molecule has 0 aliphatic heterocycles. The van der Waals surface area contributed by atoms with E-state index < -0.39 is 0 Å². The van der Waals surface area contributed by atoms with Crippen LogP contribution in [-0.2, 0) is 0 Å². The molecule has 3 heterocycles. The van der Waals surface area contributed by atoms with Gasteiger partial charge in [0, 0.05) is 29.5 Å². The number of nitrogens with one attached hydrogen (secondary N) is 1. The second kappa shape index (κ2) is 4.56. The fraction of sp³-hybridized carbons (Fsp3) is 0.0625. The molecule has 0 aliphatic carbocycles. The van der Waals surface area contributed by atoms with Crippen LogP contribution in [0.25, 0.3) is 33.1 Å². The third-order valence-electron chi connectivity index (χ3n) is 3.57. The molecule has 0 unspecified atom stereocenters. The third-order valence-corrected chi connectivity index (χ3v) is 3.57. The van der Waals surface area contributed by atoms with Gasteiger partial charge in [0.15, 0.2) is 0 Å². The molecule has 0 saturated carbocycles. The number of hydrogen-bond acceptors (Lipinski definition) is 4. The predicted octanol–water partition coefficient (Wildman–Crippen LogP) is 3.18. The van der Waals surface area contributed by atoms with Gasteiger partial charge in [-0.1, -0.05) is 6.07 Å². The molecule has 1 N–H and O–H groups in total. The average Bonchev–Trinajstić information content (AvgIpc) is 2.98. The summed E-state index contributed by atoms with van der Waals surface area (Å²) in [4.78, 5) is 15.8. The lowest BCUT2D eigenvalue weighted by Crippen LogP contribution is -1.87. The van der Waals surface area contributed by atoms with E-state index >= 15 is 0 Å². The molecule has 5 nitrogen and oxygen atoms in total. The highest BCUT2D eigenvalue weighted by Gasteiger charge is 2.12. The van der Waals surface area contributed by atoms with Crippen molar-refractivity contribution in [2.45, 2.75) is 0 Å². The Morgan fingerprint density at radius 1 is 1.14 bits per heavy atom. The number of pyridine rings is 1. The lowest BCUT2D eigenvalue weighted by atomic mass is 10.0. The van der Waals surface area contributed by atoms with Gasteiger partial charge in [-0.05, 0) is 23.8 Å². The smallest absolute Gasteiger partial charge is 0.141 e. The van der Waals surface area contributed by atoms with Crippen molar-refractivity contribution in [2.75, 3.05) is 7.11 Å². The summed E-state index contributed by atoms with van der Waals surface area (Å²) in [6.07, 6.45) is 7.05. The minimum absolute atomic E-state index is 0.806. The minimum atomic E-state index is 0.806. The van der Waals surface area contributed by atoms with Crippen LogP contribution in [0.1, 0.15) is 0 Å². The summed E-state index contributed by atoms with van der Waals surface area (Å²) in [5.74, 6) is 0.806. The van der Waals surface area contributed by atoms with Crippen molar-refractivity contribution in [3.63, 3.8) is 0 Å². The zero-order valence-corrected chi connectivity index (χ0v) is 11.4. The van der Waals surface area contributed by atoms with Crippen LogP contribution in [0.3, 0.4) is 0 Å².